The number of piperazine rings is 1. The number of amides is 2. The van der Waals surface area contributed by atoms with Crippen LogP contribution in [0.3, 0.4) is 0 Å². The number of nitrogens with one attached hydrogen (secondary N) is 1. The number of benzene rings is 1. The number of carbonyl (C=O) groups is 2. The molecule has 1 aliphatic rings. The van der Waals surface area contributed by atoms with Crippen LogP contribution in [0.2, 0.25) is 0 Å². The van der Waals surface area contributed by atoms with Crippen molar-refractivity contribution >= 4 is 23.2 Å². The SMILES string of the molecule is Cc1ccc(NC(=O)c2cncc(N3CCN(C(=O)c4ccco4)CC3)c2)cc1. The summed E-state index contributed by atoms with van der Waals surface area (Å²) >= 11 is 0. The van der Waals surface area contributed by atoms with Crippen molar-refractivity contribution < 1.29 is 14.0 Å². The van der Waals surface area contributed by atoms with Crippen molar-refractivity contribution in [2.75, 3.05) is 36.4 Å². The van der Waals surface area contributed by atoms with Crippen LogP contribution in [0.25, 0.3) is 0 Å². The fourth-order valence-electron chi connectivity index (χ4n) is 3.29. The Balaban J connectivity index is 1.39. The van der Waals surface area contributed by atoms with Gasteiger partial charge >= 0.3 is 0 Å². The van der Waals surface area contributed by atoms with E-state index < -0.39 is 0 Å². The second-order valence-electron chi connectivity index (χ2n) is 7.01. The smallest absolute Gasteiger partial charge is 0.289 e. The summed E-state index contributed by atoms with van der Waals surface area (Å²) in [5.41, 5.74) is 3.25. The highest BCUT2D eigenvalue weighted by Gasteiger charge is 2.24. The van der Waals surface area contributed by atoms with E-state index in [2.05, 4.69) is 15.2 Å². The first-order chi connectivity index (χ1) is 14.1. The third kappa shape index (κ3) is 4.29. The monoisotopic (exact) mass is 390 g/mol. The van der Waals surface area contributed by atoms with Crippen LogP contribution in [0.5, 0.6) is 0 Å². The summed E-state index contributed by atoms with van der Waals surface area (Å²) in [6.45, 7) is 4.49. The van der Waals surface area contributed by atoms with Crippen LogP contribution < -0.4 is 10.2 Å². The fraction of sp³-hybridized carbons (Fsp3) is 0.227. The molecular weight excluding hydrogens is 368 g/mol. The van der Waals surface area contributed by atoms with E-state index in [9.17, 15) is 9.59 Å². The van der Waals surface area contributed by atoms with E-state index in [1.54, 1.807) is 29.4 Å². The van der Waals surface area contributed by atoms with Crippen LogP contribution in [-0.4, -0.2) is 47.9 Å². The Morgan fingerprint density at radius 2 is 1.79 bits per heavy atom. The molecule has 29 heavy (non-hydrogen) atoms. The zero-order valence-electron chi connectivity index (χ0n) is 16.2. The van der Waals surface area contributed by atoms with E-state index in [-0.39, 0.29) is 11.8 Å². The summed E-state index contributed by atoms with van der Waals surface area (Å²) in [6.07, 6.45) is 4.80. The molecule has 0 aliphatic carbocycles. The average molecular weight is 390 g/mol. The topological polar surface area (TPSA) is 78.7 Å². The molecule has 1 N–H and O–H groups in total. The van der Waals surface area contributed by atoms with E-state index in [1.807, 2.05) is 37.3 Å². The van der Waals surface area contributed by atoms with Gasteiger partial charge in [-0.25, -0.2) is 0 Å². The number of hydrogen-bond acceptors (Lipinski definition) is 5. The van der Waals surface area contributed by atoms with Crippen molar-refractivity contribution in [2.45, 2.75) is 6.92 Å². The van der Waals surface area contributed by atoms with Gasteiger partial charge in [0.1, 0.15) is 0 Å². The molecule has 0 spiro atoms. The number of anilines is 2. The van der Waals surface area contributed by atoms with Gasteiger partial charge < -0.3 is 19.5 Å². The Bertz CT molecular complexity index is 991. The molecule has 3 heterocycles. The van der Waals surface area contributed by atoms with Crippen molar-refractivity contribution in [3.8, 4) is 0 Å². The molecule has 1 saturated heterocycles. The van der Waals surface area contributed by atoms with E-state index >= 15 is 0 Å². The van der Waals surface area contributed by atoms with Crippen molar-refractivity contribution in [3.63, 3.8) is 0 Å². The lowest BCUT2D eigenvalue weighted by Crippen LogP contribution is -2.48. The molecule has 1 aliphatic heterocycles. The van der Waals surface area contributed by atoms with E-state index in [0.29, 0.717) is 37.5 Å². The summed E-state index contributed by atoms with van der Waals surface area (Å²) in [6, 6.07) is 12.9. The predicted octanol–water partition coefficient (Wildman–Crippen LogP) is 3.20. The molecule has 0 radical (unpaired) electrons. The maximum Gasteiger partial charge on any atom is 0.289 e. The summed E-state index contributed by atoms with van der Waals surface area (Å²) in [5, 5.41) is 2.89. The minimum atomic E-state index is -0.199. The van der Waals surface area contributed by atoms with Crippen molar-refractivity contribution in [2.24, 2.45) is 0 Å². The molecule has 0 saturated carbocycles. The van der Waals surface area contributed by atoms with Gasteiger partial charge in [-0.1, -0.05) is 17.7 Å². The zero-order valence-corrected chi connectivity index (χ0v) is 16.2. The van der Waals surface area contributed by atoms with Crippen LogP contribution in [0.15, 0.2) is 65.5 Å². The number of aryl methyl sites for hydroxylation is 1. The Labute approximate surface area is 169 Å². The van der Waals surface area contributed by atoms with Crippen LogP contribution >= 0.6 is 0 Å². The minimum Gasteiger partial charge on any atom is -0.459 e. The molecule has 0 unspecified atom stereocenters. The minimum absolute atomic E-state index is 0.0981. The standard InChI is InChI=1S/C22H22N4O3/c1-16-4-6-18(7-5-16)24-21(27)17-13-19(15-23-14-17)25-8-10-26(11-9-25)22(28)20-3-2-12-29-20/h2-7,12-15H,8-11H2,1H3,(H,24,27). The molecular formula is C22H22N4O3. The van der Waals surface area contributed by atoms with Crippen molar-refractivity contribution in [1.29, 1.82) is 0 Å². The Hall–Kier alpha value is -3.61. The van der Waals surface area contributed by atoms with E-state index in [4.69, 9.17) is 4.42 Å². The molecule has 4 rings (SSSR count). The number of rotatable bonds is 4. The molecule has 1 aromatic carbocycles. The highest BCUT2D eigenvalue weighted by atomic mass is 16.3. The second kappa shape index (κ2) is 8.18. The van der Waals surface area contributed by atoms with Gasteiger partial charge in [0.25, 0.3) is 11.8 Å². The number of aromatic nitrogens is 1. The lowest BCUT2D eigenvalue weighted by molar-refractivity contribution is 0.0714. The molecule has 3 aromatic rings. The molecule has 2 aromatic heterocycles. The average Bonchev–Trinajstić information content (AvgIpc) is 3.30. The number of pyridine rings is 1. The second-order valence-corrected chi connectivity index (χ2v) is 7.01. The van der Waals surface area contributed by atoms with Gasteiger partial charge in [-0.05, 0) is 37.3 Å². The maximum absolute atomic E-state index is 12.6. The van der Waals surface area contributed by atoms with Crippen LogP contribution in [0.1, 0.15) is 26.5 Å². The highest BCUT2D eigenvalue weighted by Crippen LogP contribution is 2.19. The summed E-state index contributed by atoms with van der Waals surface area (Å²) in [5.74, 6) is 0.0590. The maximum atomic E-state index is 12.6. The molecule has 148 valence electrons. The molecule has 2 amide bonds. The largest absolute Gasteiger partial charge is 0.459 e. The quantitative estimate of drug-likeness (QED) is 0.740. The number of hydrogen-bond donors (Lipinski definition) is 1. The van der Waals surface area contributed by atoms with Crippen molar-refractivity contribution in [1.82, 2.24) is 9.88 Å². The summed E-state index contributed by atoms with van der Waals surface area (Å²) in [4.78, 5) is 33.1. The number of furan rings is 1. The van der Waals surface area contributed by atoms with Crippen molar-refractivity contribution in [3.05, 3.63) is 78.0 Å². The Morgan fingerprint density at radius 3 is 2.48 bits per heavy atom. The van der Waals surface area contributed by atoms with Gasteiger partial charge in [-0.3, -0.25) is 14.6 Å². The number of carbonyl (C=O) groups excluding carboxylic acids is 2. The molecule has 7 heteroatoms. The third-order valence-corrected chi connectivity index (χ3v) is 4.96. The fourth-order valence-corrected chi connectivity index (χ4v) is 3.29. The van der Waals surface area contributed by atoms with E-state index in [0.717, 1.165) is 16.9 Å². The lowest BCUT2D eigenvalue weighted by Gasteiger charge is -2.35. The van der Waals surface area contributed by atoms with Gasteiger partial charge in [-0.2, -0.15) is 0 Å². The van der Waals surface area contributed by atoms with Crippen LogP contribution in [0, 0.1) is 6.92 Å². The van der Waals surface area contributed by atoms with Crippen LogP contribution in [-0.2, 0) is 0 Å². The Kier molecular flexibility index (Phi) is 5.29. The van der Waals surface area contributed by atoms with Gasteiger partial charge in [0, 0.05) is 38.1 Å². The van der Waals surface area contributed by atoms with Gasteiger partial charge in [0.05, 0.1) is 23.7 Å². The highest BCUT2D eigenvalue weighted by molar-refractivity contribution is 6.04. The first-order valence-electron chi connectivity index (χ1n) is 9.51. The molecule has 1 fully saturated rings. The third-order valence-electron chi connectivity index (χ3n) is 4.96. The zero-order chi connectivity index (χ0) is 20.2. The lowest BCUT2D eigenvalue weighted by atomic mass is 10.2. The van der Waals surface area contributed by atoms with Gasteiger partial charge in [0.15, 0.2) is 5.76 Å². The van der Waals surface area contributed by atoms with E-state index in [1.165, 1.54) is 6.26 Å². The first-order valence-corrected chi connectivity index (χ1v) is 9.51. The van der Waals surface area contributed by atoms with Gasteiger partial charge in [-0.15, -0.1) is 0 Å². The molecule has 7 nitrogen and oxygen atoms in total. The Morgan fingerprint density at radius 1 is 1.03 bits per heavy atom. The predicted molar refractivity (Wildman–Crippen MR) is 110 cm³/mol. The summed E-state index contributed by atoms with van der Waals surface area (Å²) in [7, 11) is 0. The molecule has 0 atom stereocenters. The van der Waals surface area contributed by atoms with Gasteiger partial charge in [0.2, 0.25) is 0 Å². The first kappa shape index (κ1) is 18.7. The van der Waals surface area contributed by atoms with Crippen LogP contribution in [0.4, 0.5) is 11.4 Å². The number of nitrogens with zero attached hydrogens (tertiary/aromatic N) is 3. The molecule has 0 bridgehead atoms. The summed E-state index contributed by atoms with van der Waals surface area (Å²) < 4.78 is 5.20. The normalized spacial score (nSPS) is 14.0.